The third kappa shape index (κ3) is 4.36. The summed E-state index contributed by atoms with van der Waals surface area (Å²) >= 11 is 1.69. The highest BCUT2D eigenvalue weighted by Crippen LogP contribution is 2.20. The number of nitriles is 1. The molecule has 0 unspecified atom stereocenters. The van der Waals surface area contributed by atoms with Gasteiger partial charge in [-0.25, -0.2) is 4.68 Å². The van der Waals surface area contributed by atoms with Gasteiger partial charge in [-0.3, -0.25) is 4.79 Å². The first-order chi connectivity index (χ1) is 14.1. The van der Waals surface area contributed by atoms with E-state index in [1.165, 1.54) is 4.88 Å². The number of thiophene rings is 1. The fourth-order valence-corrected chi connectivity index (χ4v) is 4.30. The van der Waals surface area contributed by atoms with Crippen molar-refractivity contribution in [1.82, 2.24) is 19.9 Å². The van der Waals surface area contributed by atoms with E-state index >= 15 is 0 Å². The van der Waals surface area contributed by atoms with Crippen LogP contribution in [-0.2, 0) is 17.8 Å². The highest BCUT2D eigenvalue weighted by molar-refractivity contribution is 7.09. The number of likely N-dealkylation sites (tertiary alicyclic amines) is 1. The topological polar surface area (TPSA) is 101 Å². The molecule has 1 aliphatic rings. The van der Waals surface area contributed by atoms with Gasteiger partial charge in [-0.15, -0.1) is 16.4 Å². The molecule has 148 valence electrons. The Morgan fingerprint density at radius 3 is 2.90 bits per heavy atom. The quantitative estimate of drug-likeness (QED) is 0.678. The first-order valence-electron chi connectivity index (χ1n) is 9.61. The van der Waals surface area contributed by atoms with Gasteiger partial charge in [0.1, 0.15) is 11.7 Å². The average Bonchev–Trinajstić information content (AvgIpc) is 3.50. The maximum absolute atomic E-state index is 12.6. The lowest BCUT2D eigenvalue weighted by Crippen LogP contribution is -2.46. The molecule has 3 aromatic rings. The Morgan fingerprint density at radius 1 is 1.34 bits per heavy atom. The molecule has 2 atom stereocenters. The van der Waals surface area contributed by atoms with Crippen LogP contribution in [0, 0.1) is 11.3 Å². The molecule has 0 aliphatic carbocycles. The molecule has 29 heavy (non-hydrogen) atoms. The van der Waals surface area contributed by atoms with Gasteiger partial charge in [-0.2, -0.15) is 5.26 Å². The van der Waals surface area contributed by atoms with Crippen molar-refractivity contribution in [1.29, 1.82) is 5.26 Å². The molecule has 1 amide bonds. The zero-order valence-corrected chi connectivity index (χ0v) is 16.8. The highest BCUT2D eigenvalue weighted by Gasteiger charge is 2.31. The lowest BCUT2D eigenvalue weighted by molar-refractivity contribution is -0.132. The summed E-state index contributed by atoms with van der Waals surface area (Å²) in [6, 6.07) is 13.2. The van der Waals surface area contributed by atoms with Crippen LogP contribution in [-0.4, -0.2) is 44.4 Å². The minimum absolute atomic E-state index is 0.144. The van der Waals surface area contributed by atoms with Gasteiger partial charge in [0.05, 0.1) is 24.9 Å². The zero-order chi connectivity index (χ0) is 20.2. The Hall–Kier alpha value is -3.02. The van der Waals surface area contributed by atoms with Crippen molar-refractivity contribution in [2.45, 2.75) is 37.9 Å². The number of nitrogens with zero attached hydrogens (tertiary/aromatic N) is 5. The van der Waals surface area contributed by atoms with Gasteiger partial charge in [0.15, 0.2) is 0 Å². The van der Waals surface area contributed by atoms with E-state index in [1.54, 1.807) is 16.2 Å². The summed E-state index contributed by atoms with van der Waals surface area (Å²) in [5.41, 5.74) is 8.89. The molecule has 4 rings (SSSR count). The number of carbonyl (C=O) groups excluding carboxylic acids is 1. The smallest absolute Gasteiger partial charge is 0.240 e. The number of aromatic nitrogens is 3. The number of rotatable bonds is 6. The van der Waals surface area contributed by atoms with Crippen LogP contribution in [0.1, 0.15) is 23.3 Å². The molecule has 0 spiro atoms. The van der Waals surface area contributed by atoms with Crippen LogP contribution >= 0.6 is 11.3 Å². The number of carbonyl (C=O) groups is 1. The highest BCUT2D eigenvalue weighted by atomic mass is 32.1. The standard InChI is InChI=1S/C21H22N6OS/c22-12-17-3-1-9-27(17)21(28)19(23)11-15-5-7-16(8-6-15)20-14-26(25-24-20)13-18-4-2-10-29-18/h2,4-8,10,14,17,19H,1,3,9,11,13,23H2/t17-,19-/m0/s1. The van der Waals surface area contributed by atoms with Crippen LogP contribution in [0.3, 0.4) is 0 Å². The molecule has 2 N–H and O–H groups in total. The first-order valence-corrected chi connectivity index (χ1v) is 10.5. The molecule has 0 saturated carbocycles. The monoisotopic (exact) mass is 406 g/mol. The second-order valence-electron chi connectivity index (χ2n) is 7.21. The van der Waals surface area contributed by atoms with E-state index in [1.807, 2.05) is 46.6 Å². The Balaban J connectivity index is 1.38. The van der Waals surface area contributed by atoms with E-state index in [4.69, 9.17) is 5.73 Å². The predicted octanol–water partition coefficient (Wildman–Crippen LogP) is 2.44. The van der Waals surface area contributed by atoms with Gasteiger partial charge in [0, 0.05) is 17.0 Å². The Labute approximate surface area is 173 Å². The maximum Gasteiger partial charge on any atom is 0.240 e. The van der Waals surface area contributed by atoms with E-state index < -0.39 is 6.04 Å². The van der Waals surface area contributed by atoms with E-state index in [0.29, 0.717) is 19.5 Å². The lowest BCUT2D eigenvalue weighted by atomic mass is 10.0. The summed E-state index contributed by atoms with van der Waals surface area (Å²) < 4.78 is 1.82. The first kappa shape index (κ1) is 19.3. The van der Waals surface area contributed by atoms with Crippen molar-refractivity contribution in [3.63, 3.8) is 0 Å². The van der Waals surface area contributed by atoms with E-state index in [9.17, 15) is 10.1 Å². The molecule has 1 fully saturated rings. The number of amides is 1. The number of hydrogen-bond donors (Lipinski definition) is 1. The Morgan fingerprint density at radius 2 is 2.17 bits per heavy atom. The molecule has 7 nitrogen and oxygen atoms in total. The Kier molecular flexibility index (Phi) is 5.69. The van der Waals surface area contributed by atoms with Gasteiger partial charge in [0.25, 0.3) is 0 Å². The molecule has 3 heterocycles. The third-order valence-corrected chi connectivity index (χ3v) is 6.01. The molecule has 8 heteroatoms. The van der Waals surface area contributed by atoms with Gasteiger partial charge < -0.3 is 10.6 Å². The Bertz CT molecular complexity index is 1000. The van der Waals surface area contributed by atoms with Crippen molar-refractivity contribution in [3.8, 4) is 17.3 Å². The molecule has 1 aliphatic heterocycles. The molecular formula is C21H22N6OS. The third-order valence-electron chi connectivity index (χ3n) is 5.14. The molecular weight excluding hydrogens is 384 g/mol. The van der Waals surface area contributed by atoms with Gasteiger partial charge >= 0.3 is 0 Å². The number of nitrogens with two attached hydrogens (primary N) is 1. The van der Waals surface area contributed by atoms with Crippen LogP contribution < -0.4 is 5.73 Å². The molecule has 2 aromatic heterocycles. The van der Waals surface area contributed by atoms with Crippen LogP contribution in [0.15, 0.2) is 48.0 Å². The van der Waals surface area contributed by atoms with Crippen LogP contribution in [0.4, 0.5) is 0 Å². The summed E-state index contributed by atoms with van der Waals surface area (Å²) in [5, 5.41) is 19.7. The molecule has 0 radical (unpaired) electrons. The summed E-state index contributed by atoms with van der Waals surface area (Å²) in [5.74, 6) is -0.144. The summed E-state index contributed by atoms with van der Waals surface area (Å²) in [7, 11) is 0. The van der Waals surface area contributed by atoms with Crippen molar-refractivity contribution < 1.29 is 4.79 Å². The normalized spacial score (nSPS) is 17.2. The van der Waals surface area contributed by atoms with Crippen molar-refractivity contribution >= 4 is 17.2 Å². The van der Waals surface area contributed by atoms with E-state index in [0.717, 1.165) is 29.7 Å². The largest absolute Gasteiger partial charge is 0.325 e. The molecule has 1 saturated heterocycles. The average molecular weight is 407 g/mol. The fraction of sp³-hybridized carbons (Fsp3) is 0.333. The minimum atomic E-state index is -0.638. The van der Waals surface area contributed by atoms with Crippen molar-refractivity contribution in [2.75, 3.05) is 6.54 Å². The number of benzene rings is 1. The minimum Gasteiger partial charge on any atom is -0.325 e. The summed E-state index contributed by atoms with van der Waals surface area (Å²) in [6.45, 7) is 1.32. The van der Waals surface area contributed by atoms with Gasteiger partial charge in [0.2, 0.25) is 5.91 Å². The van der Waals surface area contributed by atoms with E-state index in [2.05, 4.69) is 22.4 Å². The SMILES string of the molecule is N#C[C@@H]1CCCN1C(=O)[C@@H](N)Cc1ccc(-c2cn(Cc3cccs3)nn2)cc1. The number of hydrogen-bond acceptors (Lipinski definition) is 6. The lowest BCUT2D eigenvalue weighted by Gasteiger charge is -2.23. The predicted molar refractivity (Wildman–Crippen MR) is 111 cm³/mol. The van der Waals surface area contributed by atoms with Gasteiger partial charge in [-0.1, -0.05) is 35.5 Å². The van der Waals surface area contributed by atoms with E-state index in [-0.39, 0.29) is 11.9 Å². The molecule has 0 bridgehead atoms. The van der Waals surface area contributed by atoms with Crippen LogP contribution in [0.5, 0.6) is 0 Å². The molecule has 1 aromatic carbocycles. The zero-order valence-electron chi connectivity index (χ0n) is 15.9. The van der Waals surface area contributed by atoms with Crippen LogP contribution in [0.25, 0.3) is 11.3 Å². The van der Waals surface area contributed by atoms with Crippen molar-refractivity contribution in [3.05, 3.63) is 58.4 Å². The van der Waals surface area contributed by atoms with Gasteiger partial charge in [-0.05, 0) is 36.3 Å². The second-order valence-corrected chi connectivity index (χ2v) is 8.24. The summed E-state index contributed by atoms with van der Waals surface area (Å²) in [4.78, 5) is 15.4. The van der Waals surface area contributed by atoms with Crippen molar-refractivity contribution in [2.24, 2.45) is 5.73 Å². The summed E-state index contributed by atoms with van der Waals surface area (Å²) in [6.07, 6.45) is 3.97. The maximum atomic E-state index is 12.6. The van der Waals surface area contributed by atoms with Crippen LogP contribution in [0.2, 0.25) is 0 Å². The fourth-order valence-electron chi connectivity index (χ4n) is 3.60. The second kappa shape index (κ2) is 8.55.